The fraction of sp³-hybridized carbons (Fsp3) is 0.412. The second kappa shape index (κ2) is 6.32. The fourth-order valence-corrected chi connectivity index (χ4v) is 3.25. The summed E-state index contributed by atoms with van der Waals surface area (Å²) in [4.78, 5) is 18.7. The van der Waals surface area contributed by atoms with E-state index < -0.39 is 0 Å². The van der Waals surface area contributed by atoms with Gasteiger partial charge in [0.25, 0.3) is 5.91 Å². The summed E-state index contributed by atoms with van der Waals surface area (Å²) in [6.07, 6.45) is 5.51. The van der Waals surface area contributed by atoms with Gasteiger partial charge in [-0.15, -0.1) is 0 Å². The lowest BCUT2D eigenvalue weighted by molar-refractivity contribution is 0.0766. The van der Waals surface area contributed by atoms with Crippen LogP contribution in [0, 0.1) is 5.92 Å². The van der Waals surface area contributed by atoms with Gasteiger partial charge in [0, 0.05) is 57.7 Å². The van der Waals surface area contributed by atoms with E-state index in [1.54, 1.807) is 19.5 Å². The quantitative estimate of drug-likeness (QED) is 0.866. The molecule has 0 aliphatic carbocycles. The van der Waals surface area contributed by atoms with Crippen molar-refractivity contribution in [3.8, 4) is 0 Å². The van der Waals surface area contributed by atoms with Crippen LogP contribution in [0.15, 0.2) is 42.9 Å². The molecular weight excluding hydrogens is 278 g/mol. The Kier molecular flexibility index (Phi) is 4.24. The van der Waals surface area contributed by atoms with Gasteiger partial charge in [-0.3, -0.25) is 9.78 Å². The van der Waals surface area contributed by atoms with Crippen molar-refractivity contribution in [1.82, 2.24) is 14.5 Å². The first-order valence-electron chi connectivity index (χ1n) is 7.50. The van der Waals surface area contributed by atoms with E-state index in [9.17, 15) is 4.79 Å². The van der Waals surface area contributed by atoms with Crippen LogP contribution in [-0.4, -0.2) is 47.2 Å². The summed E-state index contributed by atoms with van der Waals surface area (Å²) in [7, 11) is 3.61. The summed E-state index contributed by atoms with van der Waals surface area (Å²) < 4.78 is 7.23. The highest BCUT2D eigenvalue weighted by Crippen LogP contribution is 2.33. The Morgan fingerprint density at radius 2 is 2.09 bits per heavy atom. The Bertz CT molecular complexity index is 638. The maximum atomic E-state index is 12.7. The van der Waals surface area contributed by atoms with Crippen molar-refractivity contribution in [3.05, 3.63) is 54.1 Å². The number of aromatic nitrogens is 2. The number of hydrogen-bond donors (Lipinski definition) is 0. The fourth-order valence-electron chi connectivity index (χ4n) is 3.25. The minimum absolute atomic E-state index is 0.0881. The first kappa shape index (κ1) is 14.8. The smallest absolute Gasteiger partial charge is 0.270 e. The molecule has 5 heteroatoms. The molecule has 0 spiro atoms. The molecule has 1 fully saturated rings. The number of carbonyl (C=O) groups is 1. The molecule has 0 aromatic carbocycles. The molecule has 116 valence electrons. The number of carbonyl (C=O) groups excluding carboxylic acids is 1. The summed E-state index contributed by atoms with van der Waals surface area (Å²) in [6, 6.07) is 7.83. The van der Waals surface area contributed by atoms with E-state index in [-0.39, 0.29) is 5.91 Å². The maximum absolute atomic E-state index is 12.7. The van der Waals surface area contributed by atoms with E-state index in [2.05, 4.69) is 4.98 Å². The van der Waals surface area contributed by atoms with Gasteiger partial charge in [0.05, 0.1) is 6.61 Å². The molecule has 0 unspecified atom stereocenters. The van der Waals surface area contributed by atoms with Gasteiger partial charge in [-0.1, -0.05) is 0 Å². The zero-order chi connectivity index (χ0) is 15.5. The van der Waals surface area contributed by atoms with Gasteiger partial charge in [-0.25, -0.2) is 0 Å². The van der Waals surface area contributed by atoms with E-state index in [4.69, 9.17) is 4.74 Å². The van der Waals surface area contributed by atoms with Gasteiger partial charge >= 0.3 is 0 Å². The number of ether oxygens (including phenoxy) is 1. The van der Waals surface area contributed by atoms with Gasteiger partial charge in [0.2, 0.25) is 0 Å². The number of pyridine rings is 1. The number of hydrogen-bond acceptors (Lipinski definition) is 3. The Morgan fingerprint density at radius 1 is 1.32 bits per heavy atom. The summed E-state index contributed by atoms with van der Waals surface area (Å²) in [5.74, 6) is 0.703. The molecule has 1 amide bonds. The van der Waals surface area contributed by atoms with Crippen molar-refractivity contribution in [1.29, 1.82) is 0 Å². The third-order valence-electron chi connectivity index (χ3n) is 4.41. The minimum atomic E-state index is 0.0881. The summed E-state index contributed by atoms with van der Waals surface area (Å²) >= 11 is 0. The molecule has 0 bridgehead atoms. The van der Waals surface area contributed by atoms with Crippen LogP contribution in [0.4, 0.5) is 0 Å². The van der Waals surface area contributed by atoms with Crippen LogP contribution in [0.2, 0.25) is 0 Å². The third-order valence-corrected chi connectivity index (χ3v) is 4.41. The minimum Gasteiger partial charge on any atom is -0.384 e. The van der Waals surface area contributed by atoms with Crippen molar-refractivity contribution in [2.24, 2.45) is 13.0 Å². The molecule has 0 radical (unpaired) electrons. The molecule has 2 aromatic rings. The van der Waals surface area contributed by atoms with Crippen molar-refractivity contribution in [2.45, 2.75) is 5.92 Å². The molecule has 0 saturated carbocycles. The molecule has 2 atom stereocenters. The lowest BCUT2D eigenvalue weighted by atomic mass is 9.90. The monoisotopic (exact) mass is 299 g/mol. The number of rotatable bonds is 4. The molecule has 22 heavy (non-hydrogen) atoms. The average Bonchev–Trinajstić information content (AvgIpc) is 3.14. The second-order valence-corrected chi connectivity index (χ2v) is 5.82. The first-order valence-corrected chi connectivity index (χ1v) is 7.50. The molecule has 1 aliphatic heterocycles. The molecule has 3 heterocycles. The van der Waals surface area contributed by atoms with E-state index in [0.717, 1.165) is 18.8 Å². The van der Waals surface area contributed by atoms with Crippen molar-refractivity contribution in [3.63, 3.8) is 0 Å². The zero-order valence-corrected chi connectivity index (χ0v) is 13.0. The van der Waals surface area contributed by atoms with Crippen molar-refractivity contribution < 1.29 is 9.53 Å². The highest BCUT2D eigenvalue weighted by atomic mass is 16.5. The molecule has 1 saturated heterocycles. The Hall–Kier alpha value is -2.14. The maximum Gasteiger partial charge on any atom is 0.270 e. The highest BCUT2D eigenvalue weighted by molar-refractivity contribution is 5.93. The second-order valence-electron chi connectivity index (χ2n) is 5.82. The van der Waals surface area contributed by atoms with Gasteiger partial charge in [0.1, 0.15) is 5.69 Å². The normalized spacial score (nSPS) is 21.3. The molecule has 2 aromatic heterocycles. The van der Waals surface area contributed by atoms with Crippen LogP contribution in [-0.2, 0) is 11.8 Å². The van der Waals surface area contributed by atoms with Crippen molar-refractivity contribution in [2.75, 3.05) is 26.8 Å². The number of aryl methyl sites for hydroxylation is 1. The Balaban J connectivity index is 1.81. The van der Waals surface area contributed by atoms with Gasteiger partial charge in [0.15, 0.2) is 0 Å². The lowest BCUT2D eigenvalue weighted by Gasteiger charge is -2.17. The molecule has 1 aliphatic rings. The number of likely N-dealkylation sites (tertiary alicyclic amines) is 1. The Labute approximate surface area is 130 Å². The summed E-state index contributed by atoms with van der Waals surface area (Å²) in [6.45, 7) is 2.11. The standard InChI is InChI=1S/C17H21N3O2/c1-19-9-3-4-16(19)17(21)20-10-14(12-22-2)15(11-20)13-5-7-18-8-6-13/h3-9,14-15H,10-12H2,1-2H3/t14-,15-/m0/s1. The van der Waals surface area contributed by atoms with Crippen molar-refractivity contribution >= 4 is 5.91 Å². The van der Waals surface area contributed by atoms with Crippen LogP contribution in [0.1, 0.15) is 22.0 Å². The first-order chi connectivity index (χ1) is 10.7. The predicted octanol–water partition coefficient (Wildman–Crippen LogP) is 1.92. The summed E-state index contributed by atoms with van der Waals surface area (Å²) in [5, 5.41) is 0. The average molecular weight is 299 g/mol. The molecule has 3 rings (SSSR count). The SMILES string of the molecule is COC[C@@H]1CN(C(=O)c2cccn2C)C[C@H]1c1ccncc1. The molecule has 5 nitrogen and oxygen atoms in total. The number of methoxy groups -OCH3 is 1. The molecule has 0 N–H and O–H groups in total. The van der Waals surface area contributed by atoms with Crippen LogP contribution < -0.4 is 0 Å². The number of amides is 1. The Morgan fingerprint density at radius 3 is 2.73 bits per heavy atom. The number of nitrogens with zero attached hydrogens (tertiary/aromatic N) is 3. The van der Waals surface area contributed by atoms with E-state index >= 15 is 0 Å². The predicted molar refractivity (Wildman–Crippen MR) is 83.7 cm³/mol. The van der Waals surface area contributed by atoms with E-state index in [1.165, 1.54) is 5.56 Å². The van der Waals surface area contributed by atoms with Crippen LogP contribution >= 0.6 is 0 Å². The van der Waals surface area contributed by atoms with Gasteiger partial charge in [-0.2, -0.15) is 0 Å². The molecular formula is C17H21N3O2. The zero-order valence-electron chi connectivity index (χ0n) is 13.0. The summed E-state index contributed by atoms with van der Waals surface area (Å²) in [5.41, 5.74) is 1.95. The van der Waals surface area contributed by atoms with Gasteiger partial charge < -0.3 is 14.2 Å². The lowest BCUT2D eigenvalue weighted by Crippen LogP contribution is -2.30. The third kappa shape index (κ3) is 2.76. The van der Waals surface area contributed by atoms with Gasteiger partial charge in [-0.05, 0) is 29.8 Å². The van der Waals surface area contributed by atoms with Crippen LogP contribution in [0.5, 0.6) is 0 Å². The van der Waals surface area contributed by atoms with E-state index in [0.29, 0.717) is 18.4 Å². The van der Waals surface area contributed by atoms with Crippen LogP contribution in [0.25, 0.3) is 0 Å². The van der Waals surface area contributed by atoms with E-state index in [1.807, 2.05) is 47.0 Å². The largest absolute Gasteiger partial charge is 0.384 e. The topological polar surface area (TPSA) is 47.4 Å². The highest BCUT2D eigenvalue weighted by Gasteiger charge is 2.36. The van der Waals surface area contributed by atoms with Crippen LogP contribution in [0.3, 0.4) is 0 Å².